The molecule has 76 valence electrons. The van der Waals surface area contributed by atoms with Crippen molar-refractivity contribution in [2.75, 3.05) is 25.5 Å². The predicted octanol–water partition coefficient (Wildman–Crippen LogP) is 0.635. The number of morpholine rings is 1. The molecule has 0 aromatic heterocycles. The third kappa shape index (κ3) is 1.81. The van der Waals surface area contributed by atoms with E-state index in [9.17, 15) is 5.11 Å². The minimum absolute atomic E-state index is 0.134. The molecule has 1 atom stereocenters. The summed E-state index contributed by atoms with van der Waals surface area (Å²) in [5.74, 6) is 0.134. The third-order valence-electron chi connectivity index (χ3n) is 2.38. The number of phenols is 1. The van der Waals surface area contributed by atoms with Crippen LogP contribution >= 0.6 is 0 Å². The summed E-state index contributed by atoms with van der Waals surface area (Å²) in [6.07, 6.45) is 0. The van der Waals surface area contributed by atoms with Crippen LogP contribution in [-0.4, -0.2) is 24.9 Å². The van der Waals surface area contributed by atoms with Crippen LogP contribution in [0, 0.1) is 0 Å². The number of rotatable bonds is 1. The number of nitrogen functional groups attached to an aromatic ring is 1. The zero-order chi connectivity index (χ0) is 9.97. The Morgan fingerprint density at radius 2 is 2.36 bits per heavy atom. The van der Waals surface area contributed by atoms with Gasteiger partial charge in [0, 0.05) is 6.54 Å². The number of aromatic hydroxyl groups is 1. The molecule has 0 radical (unpaired) electrons. The van der Waals surface area contributed by atoms with Gasteiger partial charge in [-0.1, -0.05) is 6.07 Å². The predicted molar refractivity (Wildman–Crippen MR) is 54.1 cm³/mol. The zero-order valence-electron chi connectivity index (χ0n) is 7.86. The van der Waals surface area contributed by atoms with Gasteiger partial charge in [-0.2, -0.15) is 0 Å². The van der Waals surface area contributed by atoms with Crippen molar-refractivity contribution in [3.05, 3.63) is 23.8 Å². The summed E-state index contributed by atoms with van der Waals surface area (Å²) >= 11 is 0. The normalized spacial score (nSPS) is 22.1. The summed E-state index contributed by atoms with van der Waals surface area (Å²) in [5.41, 5.74) is 6.93. The maximum Gasteiger partial charge on any atom is 0.138 e. The fraction of sp³-hybridized carbons (Fsp3) is 0.400. The minimum atomic E-state index is 0.134. The van der Waals surface area contributed by atoms with Gasteiger partial charge in [-0.05, 0) is 17.7 Å². The lowest BCUT2D eigenvalue weighted by molar-refractivity contribution is 0.0768. The fourth-order valence-corrected chi connectivity index (χ4v) is 1.56. The minimum Gasteiger partial charge on any atom is -0.506 e. The second kappa shape index (κ2) is 3.86. The lowest BCUT2D eigenvalue weighted by Crippen LogP contribution is -2.34. The van der Waals surface area contributed by atoms with E-state index in [1.54, 1.807) is 12.1 Å². The summed E-state index contributed by atoms with van der Waals surface area (Å²) < 4.78 is 5.33. The van der Waals surface area contributed by atoms with Crippen LogP contribution in [0.1, 0.15) is 11.6 Å². The first-order chi connectivity index (χ1) is 6.77. The molecule has 1 fully saturated rings. The van der Waals surface area contributed by atoms with Crippen LogP contribution in [0.5, 0.6) is 5.75 Å². The largest absolute Gasteiger partial charge is 0.506 e. The third-order valence-corrected chi connectivity index (χ3v) is 2.38. The Kier molecular flexibility index (Phi) is 2.56. The maximum absolute atomic E-state index is 9.44. The Morgan fingerprint density at radius 1 is 1.50 bits per heavy atom. The SMILES string of the molecule is Nc1ccc(C2COCCN2)cc1O. The van der Waals surface area contributed by atoms with Crippen molar-refractivity contribution in [3.8, 4) is 5.75 Å². The Morgan fingerprint density at radius 3 is 3.00 bits per heavy atom. The molecule has 0 bridgehead atoms. The number of hydrogen-bond acceptors (Lipinski definition) is 4. The van der Waals surface area contributed by atoms with Gasteiger partial charge in [-0.25, -0.2) is 0 Å². The zero-order valence-corrected chi connectivity index (χ0v) is 7.86. The standard InChI is InChI=1S/C10H14N2O2/c11-8-2-1-7(5-10(8)13)9-6-14-4-3-12-9/h1-2,5,9,12-13H,3-4,6,11H2. The lowest BCUT2D eigenvalue weighted by Gasteiger charge is -2.24. The molecule has 0 amide bonds. The second-order valence-electron chi connectivity index (χ2n) is 3.40. The van der Waals surface area contributed by atoms with Crippen LogP contribution in [0.15, 0.2) is 18.2 Å². The molecule has 0 aliphatic carbocycles. The van der Waals surface area contributed by atoms with E-state index in [1.165, 1.54) is 0 Å². The number of ether oxygens (including phenoxy) is 1. The molecular weight excluding hydrogens is 180 g/mol. The van der Waals surface area contributed by atoms with Gasteiger partial charge in [0.15, 0.2) is 0 Å². The summed E-state index contributed by atoms with van der Waals surface area (Å²) in [5, 5.41) is 12.7. The summed E-state index contributed by atoms with van der Waals surface area (Å²) in [4.78, 5) is 0. The average Bonchev–Trinajstić information content (AvgIpc) is 2.23. The molecule has 1 unspecified atom stereocenters. The molecule has 1 saturated heterocycles. The van der Waals surface area contributed by atoms with Crippen molar-refractivity contribution in [2.45, 2.75) is 6.04 Å². The molecule has 2 rings (SSSR count). The molecule has 1 aliphatic heterocycles. The van der Waals surface area contributed by atoms with Crippen LogP contribution in [0.4, 0.5) is 5.69 Å². The summed E-state index contributed by atoms with van der Waals surface area (Å²) in [7, 11) is 0. The maximum atomic E-state index is 9.44. The van der Waals surface area contributed by atoms with Gasteiger partial charge in [-0.15, -0.1) is 0 Å². The van der Waals surface area contributed by atoms with Crippen LogP contribution < -0.4 is 11.1 Å². The first-order valence-corrected chi connectivity index (χ1v) is 4.67. The van der Waals surface area contributed by atoms with E-state index in [4.69, 9.17) is 10.5 Å². The highest BCUT2D eigenvalue weighted by Crippen LogP contribution is 2.25. The van der Waals surface area contributed by atoms with Crippen molar-refractivity contribution in [1.29, 1.82) is 0 Å². The first kappa shape index (κ1) is 9.30. The molecule has 1 aromatic rings. The number of nitrogens with two attached hydrogens (primary N) is 1. The van der Waals surface area contributed by atoms with Crippen molar-refractivity contribution < 1.29 is 9.84 Å². The molecule has 1 heterocycles. The molecule has 4 heteroatoms. The second-order valence-corrected chi connectivity index (χ2v) is 3.40. The van der Waals surface area contributed by atoms with Gasteiger partial charge in [0.1, 0.15) is 5.75 Å². The van der Waals surface area contributed by atoms with Gasteiger partial charge in [0.25, 0.3) is 0 Å². The van der Waals surface area contributed by atoms with Crippen molar-refractivity contribution in [2.24, 2.45) is 0 Å². The average molecular weight is 194 g/mol. The Bertz CT molecular complexity index is 322. The number of phenolic OH excluding ortho intramolecular Hbond substituents is 1. The highest BCUT2D eigenvalue weighted by atomic mass is 16.5. The van der Waals surface area contributed by atoms with Crippen molar-refractivity contribution in [1.82, 2.24) is 5.32 Å². The Labute approximate surface area is 82.7 Å². The van der Waals surface area contributed by atoms with E-state index in [2.05, 4.69) is 5.32 Å². The van der Waals surface area contributed by atoms with Gasteiger partial charge in [0.05, 0.1) is 24.9 Å². The quantitative estimate of drug-likeness (QED) is 0.453. The Hall–Kier alpha value is -1.26. The number of hydrogen-bond donors (Lipinski definition) is 3. The van der Waals surface area contributed by atoms with Gasteiger partial charge in [0.2, 0.25) is 0 Å². The van der Waals surface area contributed by atoms with Gasteiger partial charge >= 0.3 is 0 Å². The van der Waals surface area contributed by atoms with Crippen molar-refractivity contribution >= 4 is 5.69 Å². The van der Waals surface area contributed by atoms with E-state index in [0.29, 0.717) is 12.3 Å². The van der Waals surface area contributed by atoms with E-state index < -0.39 is 0 Å². The van der Waals surface area contributed by atoms with E-state index in [1.807, 2.05) is 6.07 Å². The van der Waals surface area contributed by atoms with Crippen molar-refractivity contribution in [3.63, 3.8) is 0 Å². The molecule has 1 aliphatic rings. The van der Waals surface area contributed by atoms with E-state index in [-0.39, 0.29) is 11.8 Å². The first-order valence-electron chi connectivity index (χ1n) is 4.67. The summed E-state index contributed by atoms with van der Waals surface area (Å²) in [6.45, 7) is 2.23. The molecule has 0 spiro atoms. The molecule has 1 aromatic carbocycles. The topological polar surface area (TPSA) is 67.5 Å². The molecule has 4 nitrogen and oxygen atoms in total. The highest BCUT2D eigenvalue weighted by molar-refractivity contribution is 5.53. The number of nitrogens with one attached hydrogen (secondary N) is 1. The van der Waals surface area contributed by atoms with Gasteiger partial charge < -0.3 is 20.9 Å². The summed E-state index contributed by atoms with van der Waals surface area (Å²) in [6, 6.07) is 5.46. The number of benzene rings is 1. The smallest absolute Gasteiger partial charge is 0.138 e. The highest BCUT2D eigenvalue weighted by Gasteiger charge is 2.15. The van der Waals surface area contributed by atoms with Gasteiger partial charge in [-0.3, -0.25) is 0 Å². The molecule has 14 heavy (non-hydrogen) atoms. The fourth-order valence-electron chi connectivity index (χ4n) is 1.56. The van der Waals surface area contributed by atoms with Crippen LogP contribution in [0.25, 0.3) is 0 Å². The molecule has 4 N–H and O–H groups in total. The molecular formula is C10H14N2O2. The van der Waals surface area contributed by atoms with E-state index >= 15 is 0 Å². The van der Waals surface area contributed by atoms with E-state index in [0.717, 1.165) is 18.7 Å². The van der Waals surface area contributed by atoms with Crippen LogP contribution in [-0.2, 0) is 4.74 Å². The Balaban J connectivity index is 2.18. The molecule has 0 saturated carbocycles. The monoisotopic (exact) mass is 194 g/mol. The number of anilines is 1. The lowest BCUT2D eigenvalue weighted by atomic mass is 10.1. The van der Waals surface area contributed by atoms with Crippen LogP contribution in [0.2, 0.25) is 0 Å². The van der Waals surface area contributed by atoms with Crippen LogP contribution in [0.3, 0.4) is 0 Å².